The topological polar surface area (TPSA) is 108 Å². The molecule has 2 aromatic carbocycles. The zero-order valence-corrected chi connectivity index (χ0v) is 17.9. The van der Waals surface area contributed by atoms with Gasteiger partial charge in [0.05, 0.1) is 17.7 Å². The molecule has 0 saturated carbocycles. The zero-order chi connectivity index (χ0) is 24.5. The summed E-state index contributed by atoms with van der Waals surface area (Å²) < 4.78 is 42.3. The van der Waals surface area contributed by atoms with Gasteiger partial charge in [0, 0.05) is 24.6 Å². The highest BCUT2D eigenvalue weighted by atomic mass is 19.3. The normalized spacial score (nSPS) is 15.8. The number of nitrogens with zero attached hydrogens (tertiary/aromatic N) is 3. The van der Waals surface area contributed by atoms with Crippen LogP contribution in [0.5, 0.6) is 0 Å². The van der Waals surface area contributed by atoms with Crippen LogP contribution in [0.15, 0.2) is 48.8 Å². The molecule has 7 nitrogen and oxygen atoms in total. The molecule has 10 heteroatoms. The molecule has 1 aromatic heterocycles. The maximum Gasteiger partial charge on any atom is 0.275 e. The van der Waals surface area contributed by atoms with Crippen LogP contribution >= 0.6 is 0 Å². The number of nitriles is 1. The number of nitrogens with one attached hydrogen (secondary N) is 2. The summed E-state index contributed by atoms with van der Waals surface area (Å²) in [5, 5.41) is 14.1. The lowest BCUT2D eigenvalue weighted by Crippen LogP contribution is -2.30. The highest BCUT2D eigenvalue weighted by molar-refractivity contribution is 5.97. The Bertz CT molecular complexity index is 1340. The summed E-state index contributed by atoms with van der Waals surface area (Å²) in [6.07, 6.45) is 0.376. The van der Waals surface area contributed by atoms with Crippen LogP contribution in [0, 0.1) is 24.1 Å². The van der Waals surface area contributed by atoms with Gasteiger partial charge in [-0.15, -0.1) is 0 Å². The van der Waals surface area contributed by atoms with Crippen LogP contribution in [0.2, 0.25) is 0 Å². The number of alkyl halides is 2. The quantitative estimate of drug-likeness (QED) is 0.598. The third-order valence-electron chi connectivity index (χ3n) is 5.53. The molecule has 0 spiro atoms. The highest BCUT2D eigenvalue weighted by Crippen LogP contribution is 2.47. The second-order valence-corrected chi connectivity index (χ2v) is 7.90. The van der Waals surface area contributed by atoms with Crippen LogP contribution in [-0.2, 0) is 12.5 Å². The van der Waals surface area contributed by atoms with E-state index in [0.29, 0.717) is 11.1 Å². The number of carbonyl (C=O) groups excluding carboxylic acids is 2. The van der Waals surface area contributed by atoms with Gasteiger partial charge in [-0.1, -0.05) is 18.2 Å². The predicted molar refractivity (Wildman–Crippen MR) is 114 cm³/mol. The van der Waals surface area contributed by atoms with E-state index in [1.54, 1.807) is 13.0 Å². The van der Waals surface area contributed by atoms with Crippen LogP contribution in [0.25, 0.3) is 0 Å². The Labute approximate surface area is 192 Å². The lowest BCUT2D eigenvalue weighted by molar-refractivity contribution is -0.00847. The molecule has 0 saturated heterocycles. The Kier molecular flexibility index (Phi) is 6.03. The number of amides is 2. The molecule has 34 heavy (non-hydrogen) atoms. The summed E-state index contributed by atoms with van der Waals surface area (Å²) in [6, 6.07) is 10.4. The molecule has 0 aliphatic heterocycles. The molecule has 0 bridgehead atoms. The van der Waals surface area contributed by atoms with E-state index in [2.05, 4.69) is 20.6 Å². The zero-order valence-electron chi connectivity index (χ0n) is 17.9. The predicted octanol–water partition coefficient (Wildman–Crippen LogP) is 3.69. The minimum absolute atomic E-state index is 0.0882. The maximum atomic E-state index is 14.4. The largest absolute Gasteiger partial charge is 0.347 e. The first kappa shape index (κ1) is 22.9. The third-order valence-corrected chi connectivity index (χ3v) is 5.53. The molecule has 1 aliphatic rings. The van der Waals surface area contributed by atoms with Crippen molar-refractivity contribution in [3.05, 3.63) is 93.8 Å². The van der Waals surface area contributed by atoms with Crippen molar-refractivity contribution in [2.45, 2.75) is 31.9 Å². The second kappa shape index (κ2) is 8.94. The summed E-state index contributed by atoms with van der Waals surface area (Å²) in [5.41, 5.74) is 0.899. The fourth-order valence-electron chi connectivity index (χ4n) is 3.78. The van der Waals surface area contributed by atoms with Crippen molar-refractivity contribution in [2.75, 3.05) is 0 Å². The molecule has 172 valence electrons. The van der Waals surface area contributed by atoms with Crippen molar-refractivity contribution in [1.29, 1.82) is 5.26 Å². The first-order valence-electron chi connectivity index (χ1n) is 10.3. The molecule has 1 unspecified atom stereocenters. The van der Waals surface area contributed by atoms with Crippen molar-refractivity contribution in [3.8, 4) is 6.07 Å². The first-order chi connectivity index (χ1) is 16.2. The molecule has 1 aliphatic carbocycles. The van der Waals surface area contributed by atoms with Crippen molar-refractivity contribution in [2.24, 2.45) is 0 Å². The standard InChI is InChI=1S/C24H18F3N5O2/c1-13-6-15(3-5-18(13)25)11-29-22(33)19-8-20(31-12-30-19)23(34)32-21-9-24(26,27)17-7-14(10-28)2-4-16(17)21/h2-8,12,21H,9,11H2,1H3,(H,29,33)(H,32,34). The minimum Gasteiger partial charge on any atom is -0.347 e. The van der Waals surface area contributed by atoms with Crippen molar-refractivity contribution >= 4 is 11.8 Å². The smallest absolute Gasteiger partial charge is 0.275 e. The molecule has 1 heterocycles. The first-order valence-corrected chi connectivity index (χ1v) is 10.3. The number of hydrogen-bond acceptors (Lipinski definition) is 5. The van der Waals surface area contributed by atoms with Gasteiger partial charge in [-0.2, -0.15) is 5.26 Å². The van der Waals surface area contributed by atoms with Gasteiger partial charge in [-0.25, -0.2) is 23.1 Å². The number of rotatable bonds is 5. The average molecular weight is 465 g/mol. The van der Waals surface area contributed by atoms with Crippen molar-refractivity contribution in [3.63, 3.8) is 0 Å². The number of aromatic nitrogens is 2. The van der Waals surface area contributed by atoms with Gasteiger partial charge >= 0.3 is 0 Å². The second-order valence-electron chi connectivity index (χ2n) is 7.90. The number of halogens is 3. The SMILES string of the molecule is Cc1cc(CNC(=O)c2cc(C(=O)NC3CC(F)(F)c4cc(C#N)ccc43)ncn2)ccc1F. The molecule has 0 radical (unpaired) electrons. The van der Waals surface area contributed by atoms with Gasteiger partial charge in [0.2, 0.25) is 0 Å². The Balaban J connectivity index is 1.46. The van der Waals surface area contributed by atoms with Crippen LogP contribution < -0.4 is 10.6 Å². The molecule has 0 fully saturated rings. The van der Waals surface area contributed by atoms with E-state index >= 15 is 0 Å². The fraction of sp³-hybridized carbons (Fsp3) is 0.208. The highest BCUT2D eigenvalue weighted by Gasteiger charge is 2.45. The van der Waals surface area contributed by atoms with E-state index < -0.39 is 30.2 Å². The summed E-state index contributed by atoms with van der Waals surface area (Å²) in [7, 11) is 0. The Morgan fingerprint density at radius 1 is 1.12 bits per heavy atom. The number of aryl methyl sites for hydroxylation is 1. The van der Waals surface area contributed by atoms with Crippen molar-refractivity contribution < 1.29 is 22.8 Å². The van der Waals surface area contributed by atoms with Crippen LogP contribution in [0.3, 0.4) is 0 Å². The molecule has 2 amide bonds. The van der Waals surface area contributed by atoms with E-state index in [1.165, 1.54) is 24.3 Å². The van der Waals surface area contributed by atoms with E-state index in [9.17, 15) is 22.8 Å². The maximum absolute atomic E-state index is 14.4. The van der Waals surface area contributed by atoms with Gasteiger partial charge in [-0.3, -0.25) is 9.59 Å². The molecule has 1 atom stereocenters. The molecule has 4 rings (SSSR count). The lowest BCUT2D eigenvalue weighted by Gasteiger charge is -2.14. The molecule has 3 aromatic rings. The number of carbonyl (C=O) groups is 2. The molecular weight excluding hydrogens is 447 g/mol. The van der Waals surface area contributed by atoms with Crippen LogP contribution in [0.4, 0.5) is 13.2 Å². The summed E-state index contributed by atoms with van der Waals surface area (Å²) in [5.74, 6) is -4.88. The monoisotopic (exact) mass is 465 g/mol. The van der Waals surface area contributed by atoms with E-state index in [0.717, 1.165) is 18.5 Å². The van der Waals surface area contributed by atoms with Gasteiger partial charge in [-0.05, 0) is 41.8 Å². The van der Waals surface area contributed by atoms with Crippen LogP contribution in [0.1, 0.15) is 61.3 Å². The summed E-state index contributed by atoms with van der Waals surface area (Å²) >= 11 is 0. The minimum atomic E-state index is -3.20. The third kappa shape index (κ3) is 4.59. The Hall–Kier alpha value is -4.26. The lowest BCUT2D eigenvalue weighted by atomic mass is 10.0. The average Bonchev–Trinajstić information content (AvgIpc) is 3.08. The van der Waals surface area contributed by atoms with Crippen molar-refractivity contribution in [1.82, 2.24) is 20.6 Å². The summed E-state index contributed by atoms with van der Waals surface area (Å²) in [4.78, 5) is 32.9. The number of fused-ring (bicyclic) bond motifs is 1. The van der Waals surface area contributed by atoms with Gasteiger partial charge in [0.25, 0.3) is 17.7 Å². The Morgan fingerprint density at radius 2 is 1.85 bits per heavy atom. The Morgan fingerprint density at radius 3 is 2.56 bits per heavy atom. The van der Waals surface area contributed by atoms with Gasteiger partial charge in [0.15, 0.2) is 0 Å². The van der Waals surface area contributed by atoms with E-state index in [1.807, 2.05) is 6.07 Å². The summed E-state index contributed by atoms with van der Waals surface area (Å²) in [6.45, 7) is 1.72. The van der Waals surface area contributed by atoms with Crippen LogP contribution in [-0.4, -0.2) is 21.8 Å². The molecular formula is C24H18F3N5O2. The van der Waals surface area contributed by atoms with E-state index in [-0.39, 0.29) is 40.4 Å². The van der Waals surface area contributed by atoms with Gasteiger partial charge in [0.1, 0.15) is 23.5 Å². The molecule has 2 N–H and O–H groups in total. The number of benzene rings is 2. The van der Waals surface area contributed by atoms with Gasteiger partial charge < -0.3 is 10.6 Å². The number of hydrogen-bond donors (Lipinski definition) is 2. The van der Waals surface area contributed by atoms with E-state index in [4.69, 9.17) is 5.26 Å². The fourth-order valence-corrected chi connectivity index (χ4v) is 3.78.